The summed E-state index contributed by atoms with van der Waals surface area (Å²) in [5.41, 5.74) is 0. The highest BCUT2D eigenvalue weighted by Gasteiger charge is 2.26. The lowest BCUT2D eigenvalue weighted by molar-refractivity contribution is -0.147. The summed E-state index contributed by atoms with van der Waals surface area (Å²) in [5, 5.41) is 82.6. The average Bonchev–Trinajstić information content (AvgIpc) is 2.95. The lowest BCUT2D eigenvalue weighted by Crippen LogP contribution is -2.30. The third kappa shape index (κ3) is 20.0. The highest BCUT2D eigenvalue weighted by molar-refractivity contribution is 5.82. The van der Waals surface area contributed by atoms with Gasteiger partial charge in [-0.1, -0.05) is 94.0 Å². The molecule has 1 rings (SSSR count). The fourth-order valence-electron chi connectivity index (χ4n) is 5.31. The SMILES string of the molecule is CCC(C)C1OC(=O)/C=C/C=C/C=C\C=C\C=C\CC(O)CC(O)CC(O)CC(O)CC(O)CC(O)CC(O)CC(O)/C=C/C1C. The summed E-state index contributed by atoms with van der Waals surface area (Å²) in [6.45, 7) is 5.87. The van der Waals surface area contributed by atoms with Gasteiger partial charge in [-0.15, -0.1) is 0 Å². The van der Waals surface area contributed by atoms with Crippen LogP contribution in [-0.2, 0) is 9.53 Å². The molecule has 0 radical (unpaired) electrons. The Morgan fingerprint density at radius 2 is 1.04 bits per heavy atom. The summed E-state index contributed by atoms with van der Waals surface area (Å²) in [7, 11) is 0. The van der Waals surface area contributed by atoms with Crippen LogP contribution in [0.15, 0.2) is 72.9 Å². The molecule has 0 aromatic heterocycles. The second-order valence-corrected chi connectivity index (χ2v) is 12.5. The van der Waals surface area contributed by atoms with E-state index >= 15 is 0 Å². The first-order valence-corrected chi connectivity index (χ1v) is 16.5. The number of hydrogen-bond acceptors (Lipinski definition) is 10. The maximum absolute atomic E-state index is 12.5. The Balaban J connectivity index is 2.97. The van der Waals surface area contributed by atoms with E-state index in [1.54, 1.807) is 60.8 Å². The molecule has 8 N–H and O–H groups in total. The van der Waals surface area contributed by atoms with E-state index < -0.39 is 60.9 Å². The molecule has 11 unspecified atom stereocenters. The highest BCUT2D eigenvalue weighted by Crippen LogP contribution is 2.22. The van der Waals surface area contributed by atoms with Crippen LogP contribution in [0.1, 0.15) is 78.6 Å². The summed E-state index contributed by atoms with van der Waals surface area (Å²) in [5.74, 6) is -0.648. The van der Waals surface area contributed by atoms with Crippen LogP contribution in [0.25, 0.3) is 0 Å². The van der Waals surface area contributed by atoms with E-state index in [0.29, 0.717) is 6.42 Å². The van der Waals surface area contributed by atoms with Crippen molar-refractivity contribution < 1.29 is 50.4 Å². The second kappa shape index (κ2) is 23.8. The van der Waals surface area contributed by atoms with Crippen molar-refractivity contribution in [1.82, 2.24) is 0 Å². The lowest BCUT2D eigenvalue weighted by atomic mass is 9.90. The molecule has 0 aliphatic carbocycles. The van der Waals surface area contributed by atoms with Gasteiger partial charge in [-0.05, 0) is 50.9 Å². The highest BCUT2D eigenvalue weighted by atomic mass is 16.5. The number of rotatable bonds is 2. The lowest BCUT2D eigenvalue weighted by Gasteiger charge is -2.27. The molecular formula is C36H58O10. The van der Waals surface area contributed by atoms with Gasteiger partial charge < -0.3 is 45.6 Å². The zero-order valence-electron chi connectivity index (χ0n) is 27.5. The van der Waals surface area contributed by atoms with Crippen LogP contribution in [0.4, 0.5) is 0 Å². The van der Waals surface area contributed by atoms with Gasteiger partial charge in [0.25, 0.3) is 0 Å². The minimum absolute atomic E-state index is 0.0475. The van der Waals surface area contributed by atoms with E-state index in [1.165, 1.54) is 12.2 Å². The molecular weight excluding hydrogens is 592 g/mol. The molecule has 46 heavy (non-hydrogen) atoms. The Morgan fingerprint density at radius 3 is 1.52 bits per heavy atom. The van der Waals surface area contributed by atoms with Gasteiger partial charge in [0.15, 0.2) is 0 Å². The summed E-state index contributed by atoms with van der Waals surface area (Å²) in [6, 6.07) is 0. The van der Waals surface area contributed by atoms with Crippen molar-refractivity contribution in [1.29, 1.82) is 0 Å². The quantitative estimate of drug-likeness (QED) is 0.163. The van der Waals surface area contributed by atoms with Crippen LogP contribution in [0.3, 0.4) is 0 Å². The smallest absolute Gasteiger partial charge is 0.331 e. The Hall–Kier alpha value is -2.41. The maximum atomic E-state index is 12.5. The first kappa shape index (κ1) is 41.6. The number of esters is 1. The van der Waals surface area contributed by atoms with Gasteiger partial charge in [0.2, 0.25) is 0 Å². The Labute approximate surface area is 274 Å². The zero-order chi connectivity index (χ0) is 34.5. The van der Waals surface area contributed by atoms with Crippen molar-refractivity contribution in [3.63, 3.8) is 0 Å². The predicted molar refractivity (Wildman–Crippen MR) is 178 cm³/mol. The minimum atomic E-state index is -1.10. The normalized spacial score (nSPS) is 39.3. The molecule has 1 heterocycles. The van der Waals surface area contributed by atoms with Crippen molar-refractivity contribution in [2.45, 2.75) is 133 Å². The van der Waals surface area contributed by atoms with E-state index in [-0.39, 0.29) is 56.8 Å². The van der Waals surface area contributed by atoms with Gasteiger partial charge >= 0.3 is 5.97 Å². The monoisotopic (exact) mass is 650 g/mol. The van der Waals surface area contributed by atoms with Crippen molar-refractivity contribution >= 4 is 5.97 Å². The zero-order valence-corrected chi connectivity index (χ0v) is 27.5. The number of allylic oxidation sites excluding steroid dienone is 8. The number of cyclic esters (lactones) is 1. The van der Waals surface area contributed by atoms with Gasteiger partial charge in [-0.3, -0.25) is 0 Å². The molecule has 0 aromatic rings. The van der Waals surface area contributed by atoms with Crippen molar-refractivity contribution in [2.75, 3.05) is 0 Å². The van der Waals surface area contributed by atoms with Crippen molar-refractivity contribution in [3.05, 3.63) is 72.9 Å². The standard InChI is InChI=1S/C36H58O10/c1-4-25(2)36-26(3)16-17-28(38)19-30(40)21-32(42)23-34(44)24-33(43)22-31(41)20-29(39)18-27(37)14-12-10-8-6-5-7-9-11-13-15-35(45)46-36/h5-13,15-17,25-34,36-44H,4,14,18-24H2,1-3H3/b7-5-,8-6+,11-9+,12-10+,15-13+,17-16+. The number of aliphatic hydroxyl groups is 8. The molecule has 1 aliphatic rings. The molecule has 0 aromatic carbocycles. The predicted octanol–water partition coefficient (Wildman–Crippen LogP) is 2.94. The number of carbonyl (C=O) groups excluding carboxylic acids is 1. The molecule has 0 bridgehead atoms. The van der Waals surface area contributed by atoms with Crippen LogP contribution < -0.4 is 0 Å². The first-order chi connectivity index (χ1) is 21.8. The van der Waals surface area contributed by atoms with E-state index in [9.17, 15) is 45.6 Å². The van der Waals surface area contributed by atoms with Gasteiger partial charge in [0.05, 0.1) is 48.8 Å². The van der Waals surface area contributed by atoms with Gasteiger partial charge in [-0.25, -0.2) is 4.79 Å². The summed E-state index contributed by atoms with van der Waals surface area (Å²) in [4.78, 5) is 12.5. The van der Waals surface area contributed by atoms with Crippen molar-refractivity contribution in [3.8, 4) is 0 Å². The Bertz CT molecular complexity index is 1000. The van der Waals surface area contributed by atoms with E-state index in [0.717, 1.165) is 6.42 Å². The molecule has 1 aliphatic heterocycles. The van der Waals surface area contributed by atoms with Crippen molar-refractivity contribution in [2.24, 2.45) is 11.8 Å². The summed E-state index contributed by atoms with van der Waals surface area (Å²) in [6.07, 6.45) is 12.3. The number of aliphatic hydroxyl groups excluding tert-OH is 8. The molecule has 0 spiro atoms. The fraction of sp³-hybridized carbons (Fsp3) is 0.639. The summed E-state index contributed by atoms with van der Waals surface area (Å²) >= 11 is 0. The average molecular weight is 651 g/mol. The van der Waals surface area contributed by atoms with Gasteiger partial charge in [0, 0.05) is 18.4 Å². The van der Waals surface area contributed by atoms with Crippen LogP contribution in [0.2, 0.25) is 0 Å². The molecule has 0 fully saturated rings. The van der Waals surface area contributed by atoms with Gasteiger partial charge in [0.1, 0.15) is 6.10 Å². The van der Waals surface area contributed by atoms with Crippen LogP contribution in [-0.4, -0.2) is 102 Å². The number of carbonyl (C=O) groups is 1. The molecule has 10 nitrogen and oxygen atoms in total. The molecule has 10 heteroatoms. The Kier molecular flexibility index (Phi) is 21.6. The van der Waals surface area contributed by atoms with E-state index in [2.05, 4.69) is 0 Å². The van der Waals surface area contributed by atoms with Crippen LogP contribution in [0, 0.1) is 11.8 Å². The number of ether oxygens (including phenoxy) is 1. The summed E-state index contributed by atoms with van der Waals surface area (Å²) < 4.78 is 5.73. The van der Waals surface area contributed by atoms with Crippen LogP contribution >= 0.6 is 0 Å². The molecule has 0 amide bonds. The second-order valence-electron chi connectivity index (χ2n) is 12.5. The molecule has 0 saturated carbocycles. The largest absolute Gasteiger partial charge is 0.458 e. The van der Waals surface area contributed by atoms with Crippen LogP contribution in [0.5, 0.6) is 0 Å². The molecule has 11 atom stereocenters. The third-order valence-corrected chi connectivity index (χ3v) is 7.94. The number of hydrogen-bond donors (Lipinski definition) is 8. The molecule has 0 saturated heterocycles. The maximum Gasteiger partial charge on any atom is 0.331 e. The minimum Gasteiger partial charge on any atom is -0.458 e. The van der Waals surface area contributed by atoms with E-state index in [1.807, 2.05) is 20.8 Å². The van der Waals surface area contributed by atoms with E-state index in [4.69, 9.17) is 4.74 Å². The Morgan fingerprint density at radius 1 is 0.630 bits per heavy atom. The fourth-order valence-corrected chi connectivity index (χ4v) is 5.31. The first-order valence-electron chi connectivity index (χ1n) is 16.5. The topological polar surface area (TPSA) is 188 Å². The molecule has 262 valence electrons. The van der Waals surface area contributed by atoms with Gasteiger partial charge in [-0.2, -0.15) is 0 Å². The third-order valence-electron chi connectivity index (χ3n) is 7.94.